The molecule has 2 rings (SSSR count). The van der Waals surface area contributed by atoms with Crippen LogP contribution in [0.2, 0.25) is 0 Å². The van der Waals surface area contributed by atoms with E-state index < -0.39 is 4.92 Å². The highest BCUT2D eigenvalue weighted by Crippen LogP contribution is 2.27. The Kier molecular flexibility index (Phi) is 2.00. The molecule has 0 atom stereocenters. The molecule has 2 aromatic rings. The summed E-state index contributed by atoms with van der Waals surface area (Å²) in [5, 5.41) is 11.5. The van der Waals surface area contributed by atoms with Crippen molar-refractivity contribution < 1.29 is 4.92 Å². The SMILES string of the molecule is C=Cc1c([N+](=O)[O-])cnc2c1ccn2C. The Balaban J connectivity index is 2.87. The minimum absolute atomic E-state index is 0.0105. The fraction of sp³-hybridized carbons (Fsp3) is 0.100. The molecular weight excluding hydrogens is 194 g/mol. The standard InChI is InChI=1S/C10H9N3O2/c1-3-7-8-4-5-12(2)10(8)11-6-9(7)13(14)15/h3-6H,1H2,2H3. The Labute approximate surface area is 85.8 Å². The van der Waals surface area contributed by atoms with Crippen LogP contribution < -0.4 is 0 Å². The van der Waals surface area contributed by atoms with Crippen LogP contribution in [0.3, 0.4) is 0 Å². The van der Waals surface area contributed by atoms with Crippen molar-refractivity contribution in [3.63, 3.8) is 0 Å². The van der Waals surface area contributed by atoms with Crippen LogP contribution in [0.4, 0.5) is 5.69 Å². The van der Waals surface area contributed by atoms with Crippen LogP contribution >= 0.6 is 0 Å². The largest absolute Gasteiger partial charge is 0.336 e. The monoisotopic (exact) mass is 203 g/mol. The molecule has 0 spiro atoms. The van der Waals surface area contributed by atoms with E-state index in [1.54, 1.807) is 6.07 Å². The minimum Gasteiger partial charge on any atom is -0.336 e. The van der Waals surface area contributed by atoms with Crippen molar-refractivity contribution in [1.29, 1.82) is 0 Å². The number of aryl methyl sites for hydroxylation is 1. The van der Waals surface area contributed by atoms with Gasteiger partial charge in [-0.05, 0) is 6.07 Å². The molecule has 5 heteroatoms. The average Bonchev–Trinajstić information content (AvgIpc) is 2.59. The maximum atomic E-state index is 10.7. The van der Waals surface area contributed by atoms with E-state index in [0.29, 0.717) is 5.56 Å². The third-order valence-corrected chi connectivity index (χ3v) is 2.32. The molecule has 15 heavy (non-hydrogen) atoms. The molecule has 0 fully saturated rings. The summed E-state index contributed by atoms with van der Waals surface area (Å²) in [5.41, 5.74) is 1.23. The van der Waals surface area contributed by atoms with Crippen LogP contribution in [0.1, 0.15) is 5.56 Å². The third-order valence-electron chi connectivity index (χ3n) is 2.32. The molecule has 76 valence electrons. The van der Waals surface area contributed by atoms with Crippen LogP contribution in [-0.4, -0.2) is 14.5 Å². The fourth-order valence-electron chi connectivity index (χ4n) is 1.58. The Morgan fingerprint density at radius 2 is 2.40 bits per heavy atom. The van der Waals surface area contributed by atoms with Gasteiger partial charge < -0.3 is 4.57 Å². The normalized spacial score (nSPS) is 10.5. The average molecular weight is 203 g/mol. The molecule has 0 aromatic carbocycles. The first-order valence-electron chi connectivity index (χ1n) is 4.36. The van der Waals surface area contributed by atoms with Crippen LogP contribution in [0, 0.1) is 10.1 Å². The van der Waals surface area contributed by atoms with Gasteiger partial charge in [0.1, 0.15) is 11.8 Å². The highest BCUT2D eigenvalue weighted by Gasteiger charge is 2.16. The molecule has 0 aliphatic heterocycles. The van der Waals surface area contributed by atoms with E-state index in [2.05, 4.69) is 11.6 Å². The minimum atomic E-state index is -0.448. The number of nitrogens with zero attached hydrogens (tertiary/aromatic N) is 3. The van der Waals surface area contributed by atoms with Gasteiger partial charge in [0.2, 0.25) is 0 Å². The zero-order valence-corrected chi connectivity index (χ0v) is 8.17. The number of pyridine rings is 1. The summed E-state index contributed by atoms with van der Waals surface area (Å²) in [6.45, 7) is 3.59. The van der Waals surface area contributed by atoms with Gasteiger partial charge in [0.25, 0.3) is 5.69 Å². The van der Waals surface area contributed by atoms with Gasteiger partial charge in [-0.25, -0.2) is 4.98 Å². The Bertz CT molecular complexity index is 557. The van der Waals surface area contributed by atoms with Crippen molar-refractivity contribution in [1.82, 2.24) is 9.55 Å². The second-order valence-electron chi connectivity index (χ2n) is 3.18. The van der Waals surface area contributed by atoms with Crippen molar-refractivity contribution in [3.05, 3.63) is 40.7 Å². The maximum absolute atomic E-state index is 10.7. The summed E-state index contributed by atoms with van der Waals surface area (Å²) >= 11 is 0. The Hall–Kier alpha value is -2.17. The van der Waals surface area contributed by atoms with Crippen LogP contribution in [0.15, 0.2) is 25.0 Å². The van der Waals surface area contributed by atoms with Crippen molar-refractivity contribution >= 4 is 22.8 Å². The molecule has 0 N–H and O–H groups in total. The number of rotatable bonds is 2. The van der Waals surface area contributed by atoms with Gasteiger partial charge in [-0.15, -0.1) is 0 Å². The molecular formula is C10H9N3O2. The zero-order valence-electron chi connectivity index (χ0n) is 8.17. The van der Waals surface area contributed by atoms with Crippen molar-refractivity contribution in [2.24, 2.45) is 7.05 Å². The lowest BCUT2D eigenvalue weighted by molar-refractivity contribution is -0.385. The van der Waals surface area contributed by atoms with Crippen LogP contribution in [0.5, 0.6) is 0 Å². The molecule has 0 aliphatic carbocycles. The second-order valence-corrected chi connectivity index (χ2v) is 3.18. The lowest BCUT2D eigenvalue weighted by Crippen LogP contribution is -1.95. The first kappa shape index (κ1) is 9.39. The molecule has 2 aromatic heterocycles. The van der Waals surface area contributed by atoms with E-state index in [4.69, 9.17) is 0 Å². The van der Waals surface area contributed by atoms with E-state index in [9.17, 15) is 10.1 Å². The number of hydrogen-bond acceptors (Lipinski definition) is 3. The lowest BCUT2D eigenvalue weighted by Gasteiger charge is -1.99. The lowest BCUT2D eigenvalue weighted by atomic mass is 10.1. The van der Waals surface area contributed by atoms with Gasteiger partial charge >= 0.3 is 0 Å². The molecule has 2 heterocycles. The predicted octanol–water partition coefficient (Wildman–Crippen LogP) is 2.12. The van der Waals surface area contributed by atoms with Gasteiger partial charge in [-0.1, -0.05) is 12.7 Å². The number of fused-ring (bicyclic) bond motifs is 1. The van der Waals surface area contributed by atoms with Crippen molar-refractivity contribution in [2.75, 3.05) is 0 Å². The topological polar surface area (TPSA) is 61.0 Å². The first-order valence-corrected chi connectivity index (χ1v) is 4.36. The van der Waals surface area contributed by atoms with E-state index in [-0.39, 0.29) is 5.69 Å². The second kappa shape index (κ2) is 3.20. The summed E-state index contributed by atoms with van der Waals surface area (Å²) < 4.78 is 1.81. The van der Waals surface area contributed by atoms with Crippen molar-refractivity contribution in [3.8, 4) is 0 Å². The fourth-order valence-corrected chi connectivity index (χ4v) is 1.58. The van der Waals surface area contributed by atoms with Gasteiger partial charge in [0.15, 0.2) is 0 Å². The third kappa shape index (κ3) is 1.28. The summed E-state index contributed by atoms with van der Waals surface area (Å²) in [7, 11) is 1.84. The summed E-state index contributed by atoms with van der Waals surface area (Å²) in [6.07, 6.45) is 4.57. The molecule has 0 saturated heterocycles. The van der Waals surface area contributed by atoms with Crippen LogP contribution in [0.25, 0.3) is 17.1 Å². The molecule has 0 unspecified atom stereocenters. The predicted molar refractivity (Wildman–Crippen MR) is 57.5 cm³/mol. The number of aromatic nitrogens is 2. The van der Waals surface area contributed by atoms with E-state index >= 15 is 0 Å². The molecule has 0 bridgehead atoms. The van der Waals surface area contributed by atoms with E-state index in [1.165, 1.54) is 12.3 Å². The Morgan fingerprint density at radius 3 is 3.00 bits per heavy atom. The quantitative estimate of drug-likeness (QED) is 0.554. The first-order chi connectivity index (χ1) is 7.15. The molecule has 0 aliphatic rings. The highest BCUT2D eigenvalue weighted by atomic mass is 16.6. The van der Waals surface area contributed by atoms with Gasteiger partial charge in [0, 0.05) is 18.6 Å². The molecule has 0 radical (unpaired) electrons. The van der Waals surface area contributed by atoms with Gasteiger partial charge in [-0.3, -0.25) is 10.1 Å². The zero-order chi connectivity index (χ0) is 11.0. The highest BCUT2D eigenvalue weighted by molar-refractivity contribution is 5.89. The van der Waals surface area contributed by atoms with Gasteiger partial charge in [-0.2, -0.15) is 0 Å². The van der Waals surface area contributed by atoms with Gasteiger partial charge in [0.05, 0.1) is 10.5 Å². The number of hydrogen-bond donors (Lipinski definition) is 0. The molecule has 0 amide bonds. The smallest absolute Gasteiger partial charge is 0.295 e. The summed E-state index contributed by atoms with van der Waals surface area (Å²) in [4.78, 5) is 14.3. The Morgan fingerprint density at radius 1 is 1.67 bits per heavy atom. The van der Waals surface area contributed by atoms with E-state index in [1.807, 2.05) is 17.8 Å². The number of nitro groups is 1. The summed E-state index contributed by atoms with van der Waals surface area (Å²) in [5.74, 6) is 0. The summed E-state index contributed by atoms with van der Waals surface area (Å²) in [6, 6.07) is 1.80. The molecule has 5 nitrogen and oxygen atoms in total. The maximum Gasteiger partial charge on any atom is 0.295 e. The van der Waals surface area contributed by atoms with Crippen LogP contribution in [-0.2, 0) is 7.05 Å². The van der Waals surface area contributed by atoms with Crippen molar-refractivity contribution in [2.45, 2.75) is 0 Å². The van der Waals surface area contributed by atoms with E-state index in [0.717, 1.165) is 11.0 Å². The molecule has 0 saturated carbocycles.